The van der Waals surface area contributed by atoms with E-state index in [2.05, 4.69) is 0 Å². The maximum Gasteiger partial charge on any atom is 0.306 e. The van der Waals surface area contributed by atoms with Crippen molar-refractivity contribution in [1.29, 1.82) is 0 Å². The number of aldehydes is 1. The lowest BCUT2D eigenvalue weighted by Gasteiger charge is -2.27. The highest BCUT2D eigenvalue weighted by molar-refractivity contribution is 5.78. The first-order valence-electron chi connectivity index (χ1n) is 4.23. The molecular formula is C9H10O4. The average Bonchev–Trinajstić information content (AvgIpc) is 2.43. The summed E-state index contributed by atoms with van der Waals surface area (Å²) in [7, 11) is 0. The third-order valence-corrected chi connectivity index (χ3v) is 2.71. The molecule has 1 N–H and O–H groups in total. The van der Waals surface area contributed by atoms with E-state index >= 15 is 0 Å². The van der Waals surface area contributed by atoms with Gasteiger partial charge < -0.3 is 9.84 Å². The largest absolute Gasteiger partial charge is 0.465 e. The summed E-state index contributed by atoms with van der Waals surface area (Å²) in [5.74, 6) is -0.535. The number of ether oxygens (including phenoxy) is 1. The van der Waals surface area contributed by atoms with Gasteiger partial charge in [0.1, 0.15) is 6.29 Å². The van der Waals surface area contributed by atoms with Gasteiger partial charge in [-0.2, -0.15) is 0 Å². The average molecular weight is 182 g/mol. The van der Waals surface area contributed by atoms with Crippen molar-refractivity contribution in [3.05, 3.63) is 11.6 Å². The summed E-state index contributed by atoms with van der Waals surface area (Å²) in [6, 6.07) is 0. The molecule has 0 aromatic carbocycles. The lowest BCUT2D eigenvalue weighted by Crippen LogP contribution is -2.33. The number of hydrogen-bond acceptors (Lipinski definition) is 4. The second kappa shape index (κ2) is 2.96. The molecule has 0 saturated carbocycles. The number of fused-ring (bicyclic) bond motifs is 1. The van der Waals surface area contributed by atoms with Crippen LogP contribution in [0.25, 0.3) is 0 Å². The Balaban J connectivity index is 2.20. The van der Waals surface area contributed by atoms with E-state index in [1.54, 1.807) is 0 Å². The first-order chi connectivity index (χ1) is 6.22. The number of aliphatic hydroxyl groups excluding tert-OH is 1. The Bertz CT molecular complexity index is 281. The quantitative estimate of drug-likeness (QED) is 0.445. The summed E-state index contributed by atoms with van der Waals surface area (Å²) >= 11 is 0. The summed E-state index contributed by atoms with van der Waals surface area (Å²) < 4.78 is 4.82. The molecule has 4 heteroatoms. The van der Waals surface area contributed by atoms with Gasteiger partial charge in [-0.05, 0) is 11.6 Å². The van der Waals surface area contributed by atoms with Crippen LogP contribution in [0.3, 0.4) is 0 Å². The summed E-state index contributed by atoms with van der Waals surface area (Å²) in [6.07, 6.45) is 1.79. The van der Waals surface area contributed by atoms with Gasteiger partial charge in [0, 0.05) is 11.8 Å². The van der Waals surface area contributed by atoms with Gasteiger partial charge in [-0.3, -0.25) is 9.59 Å². The van der Waals surface area contributed by atoms with Crippen LogP contribution >= 0.6 is 0 Å². The van der Waals surface area contributed by atoms with Crippen LogP contribution in [-0.2, 0) is 14.3 Å². The number of esters is 1. The normalized spacial score (nSPS) is 37.8. The van der Waals surface area contributed by atoms with Crippen molar-refractivity contribution in [2.24, 2.45) is 11.8 Å². The number of aliphatic hydroxyl groups is 1. The van der Waals surface area contributed by atoms with E-state index in [0.717, 1.165) is 6.29 Å². The predicted octanol–water partition coefficient (Wildman–Crippen LogP) is -0.335. The Morgan fingerprint density at radius 1 is 1.62 bits per heavy atom. The molecule has 3 atom stereocenters. The first-order valence-corrected chi connectivity index (χ1v) is 4.23. The van der Waals surface area contributed by atoms with Gasteiger partial charge in [-0.1, -0.05) is 0 Å². The Hall–Kier alpha value is -1.16. The summed E-state index contributed by atoms with van der Waals surface area (Å²) in [5.41, 5.74) is 0.560. The fourth-order valence-corrected chi connectivity index (χ4v) is 1.97. The van der Waals surface area contributed by atoms with Crippen LogP contribution in [0.2, 0.25) is 0 Å². The first kappa shape index (κ1) is 8.44. The van der Waals surface area contributed by atoms with E-state index in [0.29, 0.717) is 5.57 Å². The van der Waals surface area contributed by atoms with Crippen LogP contribution in [0.5, 0.6) is 0 Å². The Morgan fingerprint density at radius 3 is 3.08 bits per heavy atom. The molecule has 0 amide bonds. The van der Waals surface area contributed by atoms with E-state index in [9.17, 15) is 14.7 Å². The molecule has 1 saturated heterocycles. The van der Waals surface area contributed by atoms with Gasteiger partial charge in [0.05, 0.1) is 19.1 Å². The van der Waals surface area contributed by atoms with Crippen LogP contribution in [0.1, 0.15) is 6.42 Å². The summed E-state index contributed by atoms with van der Waals surface area (Å²) in [4.78, 5) is 21.5. The molecule has 4 nitrogen and oxygen atoms in total. The molecule has 0 radical (unpaired) electrons. The van der Waals surface area contributed by atoms with Crippen molar-refractivity contribution >= 4 is 12.3 Å². The standard InChI is InChI=1S/C9H10O4/c10-3-5-1-8(11)6-2-9(12)13-4-7(5)6/h1,3,6-8,11H,2,4H2/t6-,7-,8-/m1/s1. The van der Waals surface area contributed by atoms with Gasteiger partial charge in [0.15, 0.2) is 0 Å². The smallest absolute Gasteiger partial charge is 0.306 e. The molecule has 1 fully saturated rings. The molecule has 0 spiro atoms. The molecule has 70 valence electrons. The van der Waals surface area contributed by atoms with Gasteiger partial charge in [0.25, 0.3) is 0 Å². The van der Waals surface area contributed by atoms with Crippen molar-refractivity contribution in [3.63, 3.8) is 0 Å². The maximum atomic E-state index is 10.9. The molecule has 0 bridgehead atoms. The number of cyclic esters (lactones) is 1. The van der Waals surface area contributed by atoms with Crippen molar-refractivity contribution in [3.8, 4) is 0 Å². The van der Waals surface area contributed by atoms with Crippen molar-refractivity contribution < 1.29 is 19.4 Å². The second-order valence-electron chi connectivity index (χ2n) is 3.43. The Morgan fingerprint density at radius 2 is 2.38 bits per heavy atom. The minimum Gasteiger partial charge on any atom is -0.465 e. The second-order valence-corrected chi connectivity index (χ2v) is 3.43. The third-order valence-electron chi connectivity index (χ3n) is 2.71. The van der Waals surface area contributed by atoms with E-state index < -0.39 is 6.10 Å². The lowest BCUT2D eigenvalue weighted by atomic mass is 9.87. The monoisotopic (exact) mass is 182 g/mol. The summed E-state index contributed by atoms with van der Waals surface area (Å²) in [5, 5.41) is 9.50. The summed E-state index contributed by atoms with van der Waals surface area (Å²) in [6.45, 7) is 0.227. The van der Waals surface area contributed by atoms with Gasteiger partial charge in [0.2, 0.25) is 0 Å². The lowest BCUT2D eigenvalue weighted by molar-refractivity contribution is -0.153. The molecule has 13 heavy (non-hydrogen) atoms. The zero-order valence-electron chi connectivity index (χ0n) is 6.97. The van der Waals surface area contributed by atoms with Gasteiger partial charge in [-0.25, -0.2) is 0 Å². The molecule has 2 aliphatic rings. The van der Waals surface area contributed by atoms with E-state index in [1.165, 1.54) is 6.08 Å². The van der Waals surface area contributed by atoms with E-state index in [1.807, 2.05) is 0 Å². The molecule has 1 aliphatic carbocycles. The molecule has 2 rings (SSSR count). The fraction of sp³-hybridized carbons (Fsp3) is 0.556. The van der Waals surface area contributed by atoms with Crippen LogP contribution in [0.4, 0.5) is 0 Å². The van der Waals surface area contributed by atoms with Crippen LogP contribution in [0, 0.1) is 11.8 Å². The van der Waals surface area contributed by atoms with Crippen LogP contribution in [-0.4, -0.2) is 30.1 Å². The minimum atomic E-state index is -0.668. The zero-order chi connectivity index (χ0) is 9.42. The molecular weight excluding hydrogens is 172 g/mol. The van der Waals surface area contributed by atoms with E-state index in [-0.39, 0.29) is 30.8 Å². The zero-order valence-corrected chi connectivity index (χ0v) is 6.97. The number of carbonyl (C=O) groups is 2. The highest BCUT2D eigenvalue weighted by atomic mass is 16.5. The topological polar surface area (TPSA) is 63.6 Å². The number of carbonyl (C=O) groups excluding carboxylic acids is 2. The fourth-order valence-electron chi connectivity index (χ4n) is 1.97. The highest BCUT2D eigenvalue weighted by Gasteiger charge is 2.41. The maximum absolute atomic E-state index is 10.9. The number of hydrogen-bond donors (Lipinski definition) is 1. The van der Waals surface area contributed by atoms with Crippen molar-refractivity contribution in [1.82, 2.24) is 0 Å². The number of rotatable bonds is 1. The Kier molecular flexibility index (Phi) is 1.92. The van der Waals surface area contributed by atoms with E-state index in [4.69, 9.17) is 4.74 Å². The Labute approximate surface area is 75.2 Å². The van der Waals surface area contributed by atoms with Gasteiger partial charge in [-0.15, -0.1) is 0 Å². The molecule has 0 aromatic heterocycles. The van der Waals surface area contributed by atoms with Gasteiger partial charge >= 0.3 is 5.97 Å². The van der Waals surface area contributed by atoms with Crippen LogP contribution in [0.15, 0.2) is 11.6 Å². The molecule has 1 aliphatic heterocycles. The van der Waals surface area contributed by atoms with Crippen molar-refractivity contribution in [2.45, 2.75) is 12.5 Å². The molecule has 0 aromatic rings. The molecule has 0 unspecified atom stereocenters. The van der Waals surface area contributed by atoms with Crippen LogP contribution < -0.4 is 0 Å². The minimum absolute atomic E-state index is 0.0924. The highest BCUT2D eigenvalue weighted by Crippen LogP contribution is 2.36. The SMILES string of the molecule is O=CC1=C[C@@H](O)[C@@H]2CC(=O)OC[C@H]12. The third kappa shape index (κ3) is 1.27. The predicted molar refractivity (Wildman–Crippen MR) is 42.7 cm³/mol. The van der Waals surface area contributed by atoms with Crippen molar-refractivity contribution in [2.75, 3.05) is 6.61 Å². The molecule has 1 heterocycles.